The standard InChI is InChI=1S/C12H16O2S/c1-4-11(12(13)14)15-10-6-5-8(2)9(3)7-10/h5-7,11H,4H2,1-3H3,(H,13,14). The maximum absolute atomic E-state index is 10.9. The van der Waals surface area contributed by atoms with E-state index in [1.807, 2.05) is 32.0 Å². The molecule has 1 aromatic carbocycles. The van der Waals surface area contributed by atoms with E-state index < -0.39 is 5.97 Å². The van der Waals surface area contributed by atoms with Crippen LogP contribution in [0.5, 0.6) is 0 Å². The van der Waals surface area contributed by atoms with Crippen LogP contribution in [0, 0.1) is 13.8 Å². The van der Waals surface area contributed by atoms with Gasteiger partial charge in [-0.2, -0.15) is 0 Å². The average molecular weight is 224 g/mol. The Morgan fingerprint density at radius 3 is 2.53 bits per heavy atom. The molecule has 1 aromatic rings. The van der Waals surface area contributed by atoms with E-state index in [0.717, 1.165) is 4.90 Å². The normalized spacial score (nSPS) is 12.5. The molecule has 0 heterocycles. The Labute approximate surface area is 94.7 Å². The van der Waals surface area contributed by atoms with Crippen LogP contribution in [0.2, 0.25) is 0 Å². The molecule has 0 spiro atoms. The first-order chi connectivity index (χ1) is 7.04. The predicted molar refractivity (Wildman–Crippen MR) is 63.5 cm³/mol. The van der Waals surface area contributed by atoms with Crippen molar-refractivity contribution in [2.24, 2.45) is 0 Å². The summed E-state index contributed by atoms with van der Waals surface area (Å²) in [6.45, 7) is 5.99. The molecular weight excluding hydrogens is 208 g/mol. The van der Waals surface area contributed by atoms with Gasteiger partial charge < -0.3 is 5.11 Å². The quantitative estimate of drug-likeness (QED) is 0.798. The molecule has 15 heavy (non-hydrogen) atoms. The molecule has 1 N–H and O–H groups in total. The van der Waals surface area contributed by atoms with Gasteiger partial charge in [-0.15, -0.1) is 11.8 Å². The molecule has 0 aliphatic carbocycles. The third-order valence-electron chi connectivity index (χ3n) is 2.40. The van der Waals surface area contributed by atoms with Gasteiger partial charge in [-0.05, 0) is 43.5 Å². The second-order valence-corrected chi connectivity index (χ2v) is 4.88. The Morgan fingerprint density at radius 1 is 1.40 bits per heavy atom. The van der Waals surface area contributed by atoms with Crippen molar-refractivity contribution < 1.29 is 9.90 Å². The molecule has 0 aliphatic rings. The molecule has 0 amide bonds. The minimum atomic E-state index is -0.735. The van der Waals surface area contributed by atoms with E-state index in [9.17, 15) is 4.79 Å². The molecule has 0 bridgehead atoms. The summed E-state index contributed by atoms with van der Waals surface area (Å²) in [6.07, 6.45) is 0.646. The third-order valence-corrected chi connectivity index (χ3v) is 3.75. The van der Waals surface area contributed by atoms with Crippen LogP contribution in [-0.2, 0) is 4.79 Å². The highest BCUT2D eigenvalue weighted by atomic mass is 32.2. The second kappa shape index (κ2) is 5.21. The Hall–Kier alpha value is -0.960. The van der Waals surface area contributed by atoms with E-state index in [0.29, 0.717) is 6.42 Å². The van der Waals surface area contributed by atoms with Gasteiger partial charge in [-0.1, -0.05) is 13.0 Å². The number of hydrogen-bond acceptors (Lipinski definition) is 2. The van der Waals surface area contributed by atoms with Crippen LogP contribution in [-0.4, -0.2) is 16.3 Å². The maximum atomic E-state index is 10.9. The molecule has 82 valence electrons. The highest BCUT2D eigenvalue weighted by molar-refractivity contribution is 8.00. The second-order valence-electron chi connectivity index (χ2n) is 3.60. The fourth-order valence-corrected chi connectivity index (χ4v) is 2.25. The van der Waals surface area contributed by atoms with Crippen molar-refractivity contribution in [3.63, 3.8) is 0 Å². The number of aliphatic carboxylic acids is 1. The number of carbonyl (C=O) groups is 1. The first-order valence-electron chi connectivity index (χ1n) is 5.01. The lowest BCUT2D eigenvalue weighted by atomic mass is 10.1. The van der Waals surface area contributed by atoms with E-state index in [1.54, 1.807) is 0 Å². The molecule has 1 rings (SSSR count). The molecule has 0 saturated heterocycles. The summed E-state index contributed by atoms with van der Waals surface area (Å²) in [6, 6.07) is 6.07. The number of hydrogen-bond donors (Lipinski definition) is 1. The van der Waals surface area contributed by atoms with Crippen LogP contribution >= 0.6 is 11.8 Å². The lowest BCUT2D eigenvalue weighted by Gasteiger charge is -2.10. The largest absolute Gasteiger partial charge is 0.480 e. The van der Waals surface area contributed by atoms with Crippen LogP contribution in [0.25, 0.3) is 0 Å². The Balaban J connectivity index is 2.80. The van der Waals surface area contributed by atoms with Crippen LogP contribution in [0.3, 0.4) is 0 Å². The minimum Gasteiger partial charge on any atom is -0.480 e. The zero-order valence-corrected chi connectivity index (χ0v) is 10.1. The molecule has 2 nitrogen and oxygen atoms in total. The zero-order chi connectivity index (χ0) is 11.4. The molecule has 0 aromatic heterocycles. The Kier molecular flexibility index (Phi) is 4.21. The molecule has 0 fully saturated rings. The van der Waals surface area contributed by atoms with Crippen molar-refractivity contribution in [1.29, 1.82) is 0 Å². The van der Waals surface area contributed by atoms with Crippen molar-refractivity contribution in [3.05, 3.63) is 29.3 Å². The first-order valence-corrected chi connectivity index (χ1v) is 5.89. The predicted octanol–water partition coefficient (Wildman–Crippen LogP) is 3.26. The van der Waals surface area contributed by atoms with Gasteiger partial charge in [0, 0.05) is 4.90 Å². The fraction of sp³-hybridized carbons (Fsp3) is 0.417. The van der Waals surface area contributed by atoms with Crippen molar-refractivity contribution in [1.82, 2.24) is 0 Å². The lowest BCUT2D eigenvalue weighted by molar-refractivity contribution is -0.136. The van der Waals surface area contributed by atoms with E-state index in [4.69, 9.17) is 5.11 Å². The van der Waals surface area contributed by atoms with Gasteiger partial charge in [0.25, 0.3) is 0 Å². The third kappa shape index (κ3) is 3.27. The lowest BCUT2D eigenvalue weighted by Crippen LogP contribution is -2.14. The molecule has 0 aliphatic heterocycles. The summed E-state index contributed by atoms with van der Waals surface area (Å²) < 4.78 is 0. The summed E-state index contributed by atoms with van der Waals surface area (Å²) in [4.78, 5) is 11.9. The molecule has 0 saturated carbocycles. The monoisotopic (exact) mass is 224 g/mol. The average Bonchev–Trinajstić information content (AvgIpc) is 2.19. The number of thioether (sulfide) groups is 1. The summed E-state index contributed by atoms with van der Waals surface area (Å²) in [5.41, 5.74) is 2.45. The minimum absolute atomic E-state index is 0.341. The number of rotatable bonds is 4. The highest BCUT2D eigenvalue weighted by Crippen LogP contribution is 2.27. The Morgan fingerprint density at radius 2 is 2.07 bits per heavy atom. The van der Waals surface area contributed by atoms with E-state index in [2.05, 4.69) is 6.92 Å². The van der Waals surface area contributed by atoms with Crippen LogP contribution in [0.4, 0.5) is 0 Å². The van der Waals surface area contributed by atoms with Crippen molar-refractivity contribution in [2.75, 3.05) is 0 Å². The fourth-order valence-electron chi connectivity index (χ4n) is 1.26. The van der Waals surface area contributed by atoms with Gasteiger partial charge in [0.05, 0.1) is 0 Å². The van der Waals surface area contributed by atoms with Gasteiger partial charge >= 0.3 is 5.97 Å². The molecule has 1 atom stereocenters. The first kappa shape index (κ1) is 12.1. The molecule has 3 heteroatoms. The Bertz CT molecular complexity index is 361. The highest BCUT2D eigenvalue weighted by Gasteiger charge is 2.16. The number of benzene rings is 1. The van der Waals surface area contributed by atoms with Gasteiger partial charge in [0.15, 0.2) is 0 Å². The van der Waals surface area contributed by atoms with Crippen molar-refractivity contribution in [2.45, 2.75) is 37.3 Å². The van der Waals surface area contributed by atoms with Crippen molar-refractivity contribution in [3.8, 4) is 0 Å². The molecule has 1 unspecified atom stereocenters. The molecule has 0 radical (unpaired) electrons. The molecular formula is C12H16O2S. The van der Waals surface area contributed by atoms with Crippen LogP contribution in [0.1, 0.15) is 24.5 Å². The summed E-state index contributed by atoms with van der Waals surface area (Å²) in [7, 11) is 0. The van der Waals surface area contributed by atoms with E-state index in [-0.39, 0.29) is 5.25 Å². The van der Waals surface area contributed by atoms with Crippen LogP contribution < -0.4 is 0 Å². The van der Waals surface area contributed by atoms with Gasteiger partial charge in [-0.25, -0.2) is 0 Å². The summed E-state index contributed by atoms with van der Waals surface area (Å²) in [5.74, 6) is -0.735. The van der Waals surface area contributed by atoms with E-state index >= 15 is 0 Å². The number of carboxylic acids is 1. The zero-order valence-electron chi connectivity index (χ0n) is 9.28. The van der Waals surface area contributed by atoms with Gasteiger partial charge in [-0.3, -0.25) is 4.79 Å². The van der Waals surface area contributed by atoms with E-state index in [1.165, 1.54) is 22.9 Å². The smallest absolute Gasteiger partial charge is 0.316 e. The maximum Gasteiger partial charge on any atom is 0.316 e. The summed E-state index contributed by atoms with van der Waals surface area (Å²) >= 11 is 1.42. The topological polar surface area (TPSA) is 37.3 Å². The van der Waals surface area contributed by atoms with Gasteiger partial charge in [0.1, 0.15) is 5.25 Å². The van der Waals surface area contributed by atoms with Crippen molar-refractivity contribution >= 4 is 17.7 Å². The summed E-state index contributed by atoms with van der Waals surface area (Å²) in [5, 5.41) is 8.60. The van der Waals surface area contributed by atoms with Crippen LogP contribution in [0.15, 0.2) is 23.1 Å². The number of carboxylic acid groups (broad SMARTS) is 1. The van der Waals surface area contributed by atoms with Gasteiger partial charge in [0.2, 0.25) is 0 Å². The SMILES string of the molecule is CCC(Sc1ccc(C)c(C)c1)C(=O)O. The number of aryl methyl sites for hydroxylation is 2.